The molecule has 6 heteroatoms. The summed E-state index contributed by atoms with van der Waals surface area (Å²) in [4.78, 5) is 16.7. The fraction of sp³-hybridized carbons (Fsp3) is 0.286. The van der Waals surface area contributed by atoms with Crippen LogP contribution in [-0.2, 0) is 11.2 Å². The summed E-state index contributed by atoms with van der Waals surface area (Å²) >= 11 is 0. The van der Waals surface area contributed by atoms with Gasteiger partial charge in [-0.15, -0.1) is 10.2 Å². The second-order valence-corrected chi connectivity index (χ2v) is 6.87. The van der Waals surface area contributed by atoms with E-state index in [1.807, 2.05) is 58.3 Å². The molecule has 0 atom stereocenters. The first-order chi connectivity index (χ1) is 13.2. The van der Waals surface area contributed by atoms with Crippen LogP contribution in [0.1, 0.15) is 11.1 Å². The van der Waals surface area contributed by atoms with Gasteiger partial charge in [-0.25, -0.2) is 0 Å². The van der Waals surface area contributed by atoms with Gasteiger partial charge in [-0.2, -0.15) is 0 Å². The van der Waals surface area contributed by atoms with Crippen LogP contribution in [0.3, 0.4) is 0 Å². The summed E-state index contributed by atoms with van der Waals surface area (Å²) in [6.45, 7) is 5.03. The summed E-state index contributed by atoms with van der Waals surface area (Å²) in [7, 11) is 0. The molecule has 0 saturated carbocycles. The van der Waals surface area contributed by atoms with Crippen molar-refractivity contribution in [2.75, 3.05) is 31.1 Å². The van der Waals surface area contributed by atoms with Gasteiger partial charge in [-0.05, 0) is 36.8 Å². The topological polar surface area (TPSA) is 54.3 Å². The average Bonchev–Trinajstić information content (AvgIpc) is 3.23. The fourth-order valence-corrected chi connectivity index (χ4v) is 3.41. The van der Waals surface area contributed by atoms with Gasteiger partial charge in [0.1, 0.15) is 0 Å². The van der Waals surface area contributed by atoms with E-state index in [0.717, 1.165) is 30.3 Å². The molecule has 1 aliphatic rings. The zero-order valence-electron chi connectivity index (χ0n) is 15.5. The van der Waals surface area contributed by atoms with E-state index >= 15 is 0 Å². The molecule has 3 aromatic rings. The van der Waals surface area contributed by atoms with Gasteiger partial charge in [-0.1, -0.05) is 29.8 Å². The Hall–Kier alpha value is -3.15. The molecule has 0 spiro atoms. The second kappa shape index (κ2) is 7.61. The molecular weight excluding hydrogens is 338 g/mol. The molecule has 0 aliphatic carbocycles. The zero-order chi connectivity index (χ0) is 18.6. The molecule has 1 amide bonds. The molecule has 138 valence electrons. The maximum Gasteiger partial charge on any atom is 0.227 e. The van der Waals surface area contributed by atoms with Gasteiger partial charge in [0.05, 0.1) is 6.42 Å². The number of carbonyl (C=O) groups excluding carboxylic acids is 1. The number of benzene rings is 1. The van der Waals surface area contributed by atoms with Crippen molar-refractivity contribution in [1.29, 1.82) is 0 Å². The summed E-state index contributed by atoms with van der Waals surface area (Å²) in [6.07, 6.45) is 4.36. The maximum absolute atomic E-state index is 12.6. The minimum Gasteiger partial charge on any atom is -0.352 e. The Labute approximate surface area is 159 Å². The molecule has 3 heterocycles. The van der Waals surface area contributed by atoms with Crippen LogP contribution in [0.5, 0.6) is 0 Å². The van der Waals surface area contributed by atoms with Crippen LogP contribution in [0.15, 0.2) is 60.9 Å². The quantitative estimate of drug-likeness (QED) is 0.716. The Kier molecular flexibility index (Phi) is 4.87. The van der Waals surface area contributed by atoms with Crippen LogP contribution in [-0.4, -0.2) is 51.8 Å². The predicted octanol–water partition coefficient (Wildman–Crippen LogP) is 2.47. The third-order valence-electron chi connectivity index (χ3n) is 4.90. The molecule has 27 heavy (non-hydrogen) atoms. The fourth-order valence-electron chi connectivity index (χ4n) is 3.41. The van der Waals surface area contributed by atoms with Gasteiger partial charge >= 0.3 is 0 Å². The van der Waals surface area contributed by atoms with Crippen molar-refractivity contribution in [2.24, 2.45) is 0 Å². The van der Waals surface area contributed by atoms with Crippen molar-refractivity contribution in [3.8, 4) is 5.82 Å². The van der Waals surface area contributed by atoms with E-state index in [2.05, 4.69) is 34.2 Å². The Morgan fingerprint density at radius 1 is 0.926 bits per heavy atom. The Bertz CT molecular complexity index is 897. The molecule has 2 aromatic heterocycles. The lowest BCUT2D eigenvalue weighted by molar-refractivity contribution is -0.130. The van der Waals surface area contributed by atoms with Crippen LogP contribution in [0.25, 0.3) is 5.82 Å². The van der Waals surface area contributed by atoms with E-state index in [0.29, 0.717) is 19.5 Å². The molecule has 6 nitrogen and oxygen atoms in total. The third kappa shape index (κ3) is 4.00. The van der Waals surface area contributed by atoms with Gasteiger partial charge in [-0.3, -0.25) is 4.79 Å². The normalized spacial score (nSPS) is 14.4. The Morgan fingerprint density at radius 3 is 2.30 bits per heavy atom. The predicted molar refractivity (Wildman–Crippen MR) is 105 cm³/mol. The molecule has 1 saturated heterocycles. The lowest BCUT2D eigenvalue weighted by Crippen LogP contribution is -2.49. The van der Waals surface area contributed by atoms with Crippen molar-refractivity contribution < 1.29 is 4.79 Å². The first-order valence-corrected chi connectivity index (χ1v) is 9.24. The molecular formula is C21H23N5O. The van der Waals surface area contributed by atoms with E-state index in [1.54, 1.807) is 0 Å². The van der Waals surface area contributed by atoms with E-state index in [4.69, 9.17) is 0 Å². The largest absolute Gasteiger partial charge is 0.352 e. The minimum atomic E-state index is 0.189. The van der Waals surface area contributed by atoms with Gasteiger partial charge in [0, 0.05) is 38.6 Å². The number of piperazine rings is 1. The standard InChI is InChI=1S/C21H23N5O/c1-17-5-4-6-18(15-17)16-21(27)26-13-11-25(12-14-26)20-8-7-19(22-23-20)24-9-2-3-10-24/h2-10,15H,11-14,16H2,1H3. The molecule has 0 bridgehead atoms. The second-order valence-electron chi connectivity index (χ2n) is 6.87. The monoisotopic (exact) mass is 361 g/mol. The highest BCUT2D eigenvalue weighted by Crippen LogP contribution is 2.15. The highest BCUT2D eigenvalue weighted by molar-refractivity contribution is 5.79. The van der Waals surface area contributed by atoms with Crippen LogP contribution >= 0.6 is 0 Å². The van der Waals surface area contributed by atoms with Crippen LogP contribution in [0.2, 0.25) is 0 Å². The number of anilines is 1. The number of aromatic nitrogens is 3. The average molecular weight is 361 g/mol. The first-order valence-electron chi connectivity index (χ1n) is 9.24. The van der Waals surface area contributed by atoms with Crippen molar-refractivity contribution in [3.63, 3.8) is 0 Å². The summed E-state index contributed by atoms with van der Waals surface area (Å²) in [6, 6.07) is 16.0. The number of rotatable bonds is 4. The van der Waals surface area contributed by atoms with Crippen LogP contribution < -0.4 is 4.90 Å². The highest BCUT2D eigenvalue weighted by Gasteiger charge is 2.22. The molecule has 4 rings (SSSR count). The number of hydrogen-bond acceptors (Lipinski definition) is 4. The smallest absolute Gasteiger partial charge is 0.227 e. The zero-order valence-corrected chi connectivity index (χ0v) is 15.5. The maximum atomic E-state index is 12.6. The number of nitrogens with zero attached hydrogens (tertiary/aromatic N) is 5. The first kappa shape index (κ1) is 17.3. The number of amides is 1. The number of aryl methyl sites for hydroxylation is 1. The highest BCUT2D eigenvalue weighted by atomic mass is 16.2. The lowest BCUT2D eigenvalue weighted by atomic mass is 10.1. The van der Waals surface area contributed by atoms with Gasteiger partial charge in [0.2, 0.25) is 5.91 Å². The SMILES string of the molecule is Cc1cccc(CC(=O)N2CCN(c3ccc(-n4cccc4)nn3)CC2)c1. The van der Waals surface area contributed by atoms with Crippen molar-refractivity contribution in [3.05, 3.63) is 72.1 Å². The van der Waals surface area contributed by atoms with Crippen molar-refractivity contribution >= 4 is 11.7 Å². The molecule has 0 unspecified atom stereocenters. The number of carbonyl (C=O) groups is 1. The van der Waals surface area contributed by atoms with Gasteiger partial charge in [0.25, 0.3) is 0 Å². The Balaban J connectivity index is 1.34. The van der Waals surface area contributed by atoms with Gasteiger partial charge < -0.3 is 14.4 Å². The summed E-state index contributed by atoms with van der Waals surface area (Å²) in [5.74, 6) is 1.85. The van der Waals surface area contributed by atoms with E-state index in [1.165, 1.54) is 5.56 Å². The Morgan fingerprint density at radius 2 is 1.63 bits per heavy atom. The molecule has 0 radical (unpaired) electrons. The van der Waals surface area contributed by atoms with Crippen molar-refractivity contribution in [1.82, 2.24) is 19.7 Å². The van der Waals surface area contributed by atoms with E-state index in [9.17, 15) is 4.79 Å². The number of hydrogen-bond donors (Lipinski definition) is 0. The summed E-state index contributed by atoms with van der Waals surface area (Å²) in [5, 5.41) is 8.66. The summed E-state index contributed by atoms with van der Waals surface area (Å²) in [5.41, 5.74) is 2.26. The molecule has 0 N–H and O–H groups in total. The van der Waals surface area contributed by atoms with Gasteiger partial charge in [0.15, 0.2) is 11.6 Å². The molecule has 1 aromatic carbocycles. The molecule has 1 aliphatic heterocycles. The van der Waals surface area contributed by atoms with E-state index in [-0.39, 0.29) is 5.91 Å². The van der Waals surface area contributed by atoms with E-state index < -0.39 is 0 Å². The minimum absolute atomic E-state index is 0.189. The summed E-state index contributed by atoms with van der Waals surface area (Å²) < 4.78 is 1.93. The van der Waals surface area contributed by atoms with Crippen LogP contribution in [0.4, 0.5) is 5.82 Å². The molecule has 1 fully saturated rings. The third-order valence-corrected chi connectivity index (χ3v) is 4.90. The van der Waals surface area contributed by atoms with Crippen molar-refractivity contribution in [2.45, 2.75) is 13.3 Å². The lowest BCUT2D eigenvalue weighted by Gasteiger charge is -2.35. The van der Waals surface area contributed by atoms with Crippen LogP contribution in [0, 0.1) is 6.92 Å².